The highest BCUT2D eigenvalue weighted by atomic mass is 16.7. The highest BCUT2D eigenvalue weighted by Gasteiger charge is 2.53. The van der Waals surface area contributed by atoms with E-state index in [-0.39, 0.29) is 0 Å². The Labute approximate surface area is 139 Å². The number of carbonyl (C=O) groups is 2. The van der Waals surface area contributed by atoms with Crippen molar-refractivity contribution in [2.24, 2.45) is 0 Å². The van der Waals surface area contributed by atoms with Crippen LogP contribution in [0.15, 0.2) is 0 Å². The molecule has 13 nitrogen and oxygen atoms in total. The van der Waals surface area contributed by atoms with Gasteiger partial charge in [-0.15, -0.1) is 0 Å². The third-order valence-electron chi connectivity index (χ3n) is 3.91. The Morgan fingerprint density at radius 1 is 0.680 bits per heavy atom. The lowest BCUT2D eigenvalue weighted by Gasteiger charge is -2.44. The van der Waals surface area contributed by atoms with E-state index >= 15 is 0 Å². The maximum atomic E-state index is 11.2. The van der Waals surface area contributed by atoms with Crippen molar-refractivity contribution in [1.29, 1.82) is 0 Å². The molecule has 10 atom stereocenters. The molecule has 0 aliphatic carbocycles. The van der Waals surface area contributed by atoms with Crippen molar-refractivity contribution in [3.05, 3.63) is 0 Å². The van der Waals surface area contributed by atoms with Gasteiger partial charge in [-0.25, -0.2) is 9.59 Å². The summed E-state index contributed by atoms with van der Waals surface area (Å²) in [5, 5.41) is 75.9. The summed E-state index contributed by atoms with van der Waals surface area (Å²) < 4.78 is 14.4. The lowest BCUT2D eigenvalue weighted by atomic mass is 9.96. The summed E-state index contributed by atoms with van der Waals surface area (Å²) in [5.74, 6) is -3.39. The van der Waals surface area contributed by atoms with Gasteiger partial charge in [0, 0.05) is 0 Å². The van der Waals surface area contributed by atoms with Gasteiger partial charge < -0.3 is 55.1 Å². The number of aliphatic hydroxyl groups is 6. The van der Waals surface area contributed by atoms with E-state index in [1.165, 1.54) is 0 Å². The number of ether oxygens (including phenoxy) is 3. The van der Waals surface area contributed by atoms with Gasteiger partial charge in [0.15, 0.2) is 24.8 Å². The fraction of sp³-hybridized carbons (Fsp3) is 0.833. The number of aliphatic hydroxyl groups excluding tert-OH is 6. The molecule has 13 heteroatoms. The molecule has 2 aliphatic rings. The van der Waals surface area contributed by atoms with E-state index in [4.69, 9.17) is 19.7 Å². The maximum absolute atomic E-state index is 11.2. The summed E-state index contributed by atoms with van der Waals surface area (Å²) in [6, 6.07) is 0. The second kappa shape index (κ2) is 7.45. The standard InChI is InChI=1S/C12H18O13/c13-1-2(14)7(9(18)19)25-12(5(1)17)24-6-3(15)4(16)11(22)23-8(6)10(20)21/h1-8,11-17,22H,(H,18,19)(H,20,21)/t1-,2-,3+,4?,5?,6-,7?,8?,11+,12+/m0/s1. The van der Waals surface area contributed by atoms with E-state index in [1.54, 1.807) is 0 Å². The van der Waals surface area contributed by atoms with Gasteiger partial charge in [-0.2, -0.15) is 0 Å². The molecule has 0 bridgehead atoms. The van der Waals surface area contributed by atoms with Crippen LogP contribution in [0.2, 0.25) is 0 Å². The van der Waals surface area contributed by atoms with Crippen molar-refractivity contribution in [2.75, 3.05) is 0 Å². The quantitative estimate of drug-likeness (QED) is 0.232. The highest BCUT2D eigenvalue weighted by molar-refractivity contribution is 5.74. The number of carboxylic acid groups (broad SMARTS) is 2. The molecule has 0 spiro atoms. The Balaban J connectivity index is 2.22. The fourth-order valence-corrected chi connectivity index (χ4v) is 2.52. The molecule has 8 N–H and O–H groups in total. The van der Waals surface area contributed by atoms with Crippen LogP contribution in [0.25, 0.3) is 0 Å². The van der Waals surface area contributed by atoms with Gasteiger partial charge in [0.25, 0.3) is 0 Å². The monoisotopic (exact) mass is 370 g/mol. The van der Waals surface area contributed by atoms with E-state index in [1.807, 2.05) is 0 Å². The summed E-state index contributed by atoms with van der Waals surface area (Å²) in [4.78, 5) is 22.2. The number of carboxylic acids is 2. The van der Waals surface area contributed by atoms with Crippen LogP contribution in [0.1, 0.15) is 0 Å². The SMILES string of the molecule is O=C(O)C1O[C@@H](O[C@@H]2C(C(=O)O)O[C@@H](O)C(O)[C@H]2O)C(O)[C@@H](O)[C@@H]1O. The second-order valence-corrected chi connectivity index (χ2v) is 5.60. The van der Waals surface area contributed by atoms with Crippen LogP contribution < -0.4 is 0 Å². The Bertz CT molecular complexity index is 511. The fourth-order valence-electron chi connectivity index (χ4n) is 2.52. The Hall–Kier alpha value is -1.42. The van der Waals surface area contributed by atoms with Crippen molar-refractivity contribution in [1.82, 2.24) is 0 Å². The third-order valence-corrected chi connectivity index (χ3v) is 3.91. The van der Waals surface area contributed by atoms with Crippen LogP contribution in [0, 0.1) is 0 Å². The van der Waals surface area contributed by atoms with Crippen molar-refractivity contribution in [2.45, 2.75) is 61.4 Å². The van der Waals surface area contributed by atoms with Crippen LogP contribution >= 0.6 is 0 Å². The van der Waals surface area contributed by atoms with E-state index in [9.17, 15) is 40.2 Å². The predicted molar refractivity (Wildman–Crippen MR) is 69.7 cm³/mol. The van der Waals surface area contributed by atoms with Gasteiger partial charge in [0.05, 0.1) is 0 Å². The zero-order chi connectivity index (χ0) is 19.0. The molecular formula is C12H18O13. The molecule has 25 heavy (non-hydrogen) atoms. The topological polar surface area (TPSA) is 224 Å². The molecule has 0 radical (unpaired) electrons. The second-order valence-electron chi connectivity index (χ2n) is 5.60. The summed E-state index contributed by atoms with van der Waals surface area (Å²) in [5.41, 5.74) is 0. The average Bonchev–Trinajstić information content (AvgIpc) is 2.54. The minimum Gasteiger partial charge on any atom is -0.479 e. The number of hydrogen-bond donors (Lipinski definition) is 8. The maximum Gasteiger partial charge on any atom is 0.335 e. The number of aliphatic carboxylic acids is 2. The van der Waals surface area contributed by atoms with E-state index in [0.717, 1.165) is 0 Å². The molecule has 2 fully saturated rings. The first-order valence-corrected chi connectivity index (χ1v) is 7.06. The van der Waals surface area contributed by atoms with E-state index < -0.39 is 73.4 Å². The van der Waals surface area contributed by atoms with Gasteiger partial charge in [0.2, 0.25) is 0 Å². The van der Waals surface area contributed by atoms with Gasteiger partial charge in [-0.3, -0.25) is 0 Å². The summed E-state index contributed by atoms with van der Waals surface area (Å²) >= 11 is 0. The minimum absolute atomic E-state index is 1.70. The first-order chi connectivity index (χ1) is 11.6. The molecule has 0 aromatic carbocycles. The minimum atomic E-state index is -2.03. The van der Waals surface area contributed by atoms with Crippen molar-refractivity contribution in [3.8, 4) is 0 Å². The number of rotatable bonds is 4. The lowest BCUT2D eigenvalue weighted by Crippen LogP contribution is -2.65. The van der Waals surface area contributed by atoms with Crippen molar-refractivity contribution >= 4 is 11.9 Å². The molecule has 2 rings (SSSR count). The molecule has 144 valence electrons. The smallest absolute Gasteiger partial charge is 0.335 e. The predicted octanol–water partition coefficient (Wildman–Crippen LogP) is -5.21. The summed E-state index contributed by atoms with van der Waals surface area (Å²) in [6.07, 6.45) is -19.9. The van der Waals surface area contributed by atoms with Gasteiger partial charge in [-0.1, -0.05) is 0 Å². The van der Waals surface area contributed by atoms with Crippen molar-refractivity contribution < 1.29 is 64.7 Å². The molecule has 4 unspecified atom stereocenters. The molecule has 0 aromatic heterocycles. The van der Waals surface area contributed by atoms with Crippen LogP contribution in [-0.4, -0.2) is 114 Å². The molecule has 2 saturated heterocycles. The van der Waals surface area contributed by atoms with Gasteiger partial charge in [0.1, 0.15) is 36.6 Å². The molecule has 0 amide bonds. The van der Waals surface area contributed by atoms with Crippen LogP contribution in [0.3, 0.4) is 0 Å². The Morgan fingerprint density at radius 2 is 1.24 bits per heavy atom. The van der Waals surface area contributed by atoms with Crippen LogP contribution in [0.5, 0.6) is 0 Å². The molecule has 0 saturated carbocycles. The largest absolute Gasteiger partial charge is 0.479 e. The molecule has 0 aromatic rings. The first-order valence-electron chi connectivity index (χ1n) is 7.06. The van der Waals surface area contributed by atoms with Crippen LogP contribution in [-0.2, 0) is 23.8 Å². The van der Waals surface area contributed by atoms with Crippen molar-refractivity contribution in [3.63, 3.8) is 0 Å². The van der Waals surface area contributed by atoms with Gasteiger partial charge >= 0.3 is 11.9 Å². The Morgan fingerprint density at radius 3 is 1.76 bits per heavy atom. The Kier molecular flexibility index (Phi) is 5.93. The zero-order valence-electron chi connectivity index (χ0n) is 12.4. The normalized spacial score (nSPS) is 48.1. The first kappa shape index (κ1) is 19.9. The lowest BCUT2D eigenvalue weighted by molar-refractivity contribution is -0.346. The number of hydrogen-bond acceptors (Lipinski definition) is 11. The van der Waals surface area contributed by atoms with E-state index in [0.29, 0.717) is 0 Å². The van der Waals surface area contributed by atoms with Crippen LogP contribution in [0.4, 0.5) is 0 Å². The third kappa shape index (κ3) is 3.74. The molecular weight excluding hydrogens is 352 g/mol. The summed E-state index contributed by atoms with van der Waals surface area (Å²) in [7, 11) is 0. The zero-order valence-corrected chi connectivity index (χ0v) is 12.4. The molecule has 2 heterocycles. The average molecular weight is 370 g/mol. The molecule has 2 aliphatic heterocycles. The highest BCUT2D eigenvalue weighted by Crippen LogP contribution is 2.28. The van der Waals surface area contributed by atoms with E-state index in [2.05, 4.69) is 4.74 Å². The van der Waals surface area contributed by atoms with Gasteiger partial charge in [-0.05, 0) is 0 Å². The summed E-state index contributed by atoms with van der Waals surface area (Å²) in [6.45, 7) is 0.